The number of carbonyl (C=O) groups is 1. The molecule has 5 rings (SSSR count). The van der Waals surface area contributed by atoms with Crippen molar-refractivity contribution in [2.24, 2.45) is 5.92 Å². The zero-order chi connectivity index (χ0) is 26.9. The second-order valence-electron chi connectivity index (χ2n) is 11.4. The second-order valence-corrected chi connectivity index (χ2v) is 11.4. The molecule has 6 nitrogen and oxygen atoms in total. The minimum Gasteiger partial charge on any atom is -0.485 e. The van der Waals surface area contributed by atoms with Gasteiger partial charge in [-0.2, -0.15) is 0 Å². The van der Waals surface area contributed by atoms with Crippen LogP contribution < -0.4 is 9.47 Å². The number of hydrogen-bond donors (Lipinski definition) is 1. The quantitative estimate of drug-likeness (QED) is 0.372. The minimum atomic E-state index is -0.775. The van der Waals surface area contributed by atoms with E-state index in [0.717, 1.165) is 48.4 Å². The smallest absolute Gasteiger partial charge is 0.306 e. The Bertz CT molecular complexity index is 1320. The number of rotatable bonds is 8. The van der Waals surface area contributed by atoms with Crippen molar-refractivity contribution in [2.75, 3.05) is 13.7 Å². The molecule has 2 aliphatic heterocycles. The van der Waals surface area contributed by atoms with Gasteiger partial charge in [-0.3, -0.25) is 9.69 Å². The van der Waals surface area contributed by atoms with Gasteiger partial charge >= 0.3 is 5.97 Å². The molecule has 0 amide bonds. The van der Waals surface area contributed by atoms with Crippen molar-refractivity contribution < 1.29 is 19.4 Å². The Hall–Kier alpha value is -3.38. The number of aryl methyl sites for hydroxylation is 1. The Labute approximate surface area is 225 Å². The summed E-state index contributed by atoms with van der Waals surface area (Å²) < 4.78 is 12.0. The fraction of sp³-hybridized carbons (Fsp3) is 0.438. The van der Waals surface area contributed by atoms with Crippen molar-refractivity contribution in [1.82, 2.24) is 9.88 Å². The molecule has 1 aromatic heterocycles. The number of pyridine rings is 1. The molecule has 3 heterocycles. The lowest BCUT2D eigenvalue weighted by Gasteiger charge is -2.34. The Balaban J connectivity index is 1.47. The maximum absolute atomic E-state index is 11.4. The van der Waals surface area contributed by atoms with Gasteiger partial charge in [0.1, 0.15) is 11.9 Å². The number of benzene rings is 2. The van der Waals surface area contributed by atoms with Crippen LogP contribution in [-0.2, 0) is 24.2 Å². The summed E-state index contributed by atoms with van der Waals surface area (Å²) in [6.07, 6.45) is 6.51. The summed E-state index contributed by atoms with van der Waals surface area (Å²) in [5, 5.41) is 9.35. The molecule has 1 saturated heterocycles. The number of hydrogen-bond acceptors (Lipinski definition) is 5. The number of methoxy groups -OCH3 is 1. The van der Waals surface area contributed by atoms with Gasteiger partial charge in [-0.15, -0.1) is 0 Å². The van der Waals surface area contributed by atoms with E-state index in [0.29, 0.717) is 12.3 Å². The maximum atomic E-state index is 11.4. The summed E-state index contributed by atoms with van der Waals surface area (Å²) >= 11 is 0. The van der Waals surface area contributed by atoms with Crippen LogP contribution >= 0.6 is 0 Å². The van der Waals surface area contributed by atoms with E-state index < -0.39 is 11.9 Å². The molecule has 200 valence electrons. The van der Waals surface area contributed by atoms with Gasteiger partial charge in [0, 0.05) is 24.3 Å². The van der Waals surface area contributed by atoms with Crippen LogP contribution in [0.15, 0.2) is 54.7 Å². The van der Waals surface area contributed by atoms with E-state index in [2.05, 4.69) is 48.0 Å². The molecule has 2 aromatic carbocycles. The van der Waals surface area contributed by atoms with E-state index >= 15 is 0 Å². The molecule has 0 saturated carbocycles. The number of carboxylic acid groups (broad SMARTS) is 1. The standard InChI is InChI=1S/C32H38N2O4/c1-21(31(35)36)16-22-6-7-23-9-11-28(38-29(23)17-22)27-10-8-24(25-12-14-33-30(19-25)37-4)18-26(27)20-34-15-5-13-32(34,2)3/h6-8,10,12,14,17-19,21,28H,5,9,11,13,15-16,20H2,1-4H3,(H,35,36)/t21-,28?/m0/s1. The molecule has 3 aromatic rings. The van der Waals surface area contributed by atoms with Crippen LogP contribution in [0, 0.1) is 5.92 Å². The first-order valence-electron chi connectivity index (χ1n) is 13.6. The van der Waals surface area contributed by atoms with Gasteiger partial charge in [-0.05, 0) is 104 Å². The third kappa shape index (κ3) is 5.56. The van der Waals surface area contributed by atoms with Crippen molar-refractivity contribution in [3.8, 4) is 22.8 Å². The number of aliphatic carboxylic acids is 1. The van der Waals surface area contributed by atoms with Gasteiger partial charge < -0.3 is 14.6 Å². The highest BCUT2D eigenvalue weighted by atomic mass is 16.5. The van der Waals surface area contributed by atoms with Crippen LogP contribution in [0.4, 0.5) is 0 Å². The SMILES string of the molecule is COc1cc(-c2ccc(C3CCc4ccc(C[C@H](C)C(=O)O)cc4O3)c(CN3CCCC3(C)C)c2)ccn1. The molecule has 1 unspecified atom stereocenters. The summed E-state index contributed by atoms with van der Waals surface area (Å²) in [7, 11) is 1.64. The molecule has 2 aliphatic rings. The average Bonchev–Trinajstić information content (AvgIpc) is 3.25. The molecule has 0 spiro atoms. The van der Waals surface area contributed by atoms with Crippen LogP contribution in [0.25, 0.3) is 11.1 Å². The molecule has 38 heavy (non-hydrogen) atoms. The molecular weight excluding hydrogens is 476 g/mol. The number of nitrogens with zero attached hydrogens (tertiary/aromatic N) is 2. The van der Waals surface area contributed by atoms with Crippen LogP contribution in [0.2, 0.25) is 0 Å². The monoisotopic (exact) mass is 514 g/mol. The van der Waals surface area contributed by atoms with Crippen molar-refractivity contribution >= 4 is 5.97 Å². The fourth-order valence-corrected chi connectivity index (χ4v) is 5.80. The number of ether oxygens (including phenoxy) is 2. The normalized spacial score (nSPS) is 19.4. The van der Waals surface area contributed by atoms with Crippen molar-refractivity contribution in [3.05, 3.63) is 77.0 Å². The highest BCUT2D eigenvalue weighted by Gasteiger charge is 2.33. The first-order chi connectivity index (χ1) is 18.2. The third-order valence-corrected chi connectivity index (χ3v) is 8.24. The van der Waals surface area contributed by atoms with Gasteiger partial charge in [0.15, 0.2) is 0 Å². The molecule has 1 fully saturated rings. The molecular formula is C32H38N2O4. The predicted molar refractivity (Wildman–Crippen MR) is 149 cm³/mol. The molecule has 2 atom stereocenters. The van der Waals surface area contributed by atoms with E-state index in [1.54, 1.807) is 20.2 Å². The molecule has 1 N–H and O–H groups in total. The molecule has 0 bridgehead atoms. The summed E-state index contributed by atoms with van der Waals surface area (Å²) in [5.41, 5.74) is 7.10. The minimum absolute atomic E-state index is 0.0450. The van der Waals surface area contributed by atoms with Gasteiger partial charge in [-0.1, -0.05) is 31.2 Å². The molecule has 0 aliphatic carbocycles. The van der Waals surface area contributed by atoms with Crippen LogP contribution in [0.5, 0.6) is 11.6 Å². The van der Waals surface area contributed by atoms with Crippen LogP contribution in [0.1, 0.15) is 68.4 Å². The van der Waals surface area contributed by atoms with Crippen LogP contribution in [-0.4, -0.2) is 40.2 Å². The summed E-state index contributed by atoms with van der Waals surface area (Å²) in [4.78, 5) is 18.2. The van der Waals surface area contributed by atoms with Crippen molar-refractivity contribution in [3.63, 3.8) is 0 Å². The van der Waals surface area contributed by atoms with Gasteiger partial charge in [-0.25, -0.2) is 4.98 Å². The Morgan fingerprint density at radius 3 is 2.74 bits per heavy atom. The number of fused-ring (bicyclic) bond motifs is 1. The molecule has 0 radical (unpaired) electrons. The maximum Gasteiger partial charge on any atom is 0.306 e. The van der Waals surface area contributed by atoms with Crippen LogP contribution in [0.3, 0.4) is 0 Å². The van der Waals surface area contributed by atoms with Gasteiger partial charge in [0.25, 0.3) is 0 Å². The number of likely N-dealkylation sites (tertiary alicyclic amines) is 1. The lowest BCUT2D eigenvalue weighted by molar-refractivity contribution is -0.141. The predicted octanol–water partition coefficient (Wildman–Crippen LogP) is 6.46. The van der Waals surface area contributed by atoms with E-state index in [1.807, 2.05) is 24.3 Å². The van der Waals surface area contributed by atoms with E-state index in [-0.39, 0.29) is 11.6 Å². The number of aromatic nitrogens is 1. The zero-order valence-corrected chi connectivity index (χ0v) is 22.9. The van der Waals surface area contributed by atoms with E-state index in [4.69, 9.17) is 9.47 Å². The number of carboxylic acids is 1. The first kappa shape index (κ1) is 26.2. The lowest BCUT2D eigenvalue weighted by atomic mass is 9.90. The largest absolute Gasteiger partial charge is 0.485 e. The van der Waals surface area contributed by atoms with Crippen molar-refractivity contribution in [1.29, 1.82) is 0 Å². The Morgan fingerprint density at radius 2 is 2.00 bits per heavy atom. The van der Waals surface area contributed by atoms with Crippen molar-refractivity contribution in [2.45, 2.75) is 71.1 Å². The highest BCUT2D eigenvalue weighted by molar-refractivity contribution is 5.70. The van der Waals surface area contributed by atoms with Gasteiger partial charge in [0.05, 0.1) is 13.0 Å². The summed E-state index contributed by atoms with van der Waals surface area (Å²) in [6.45, 7) is 8.40. The average molecular weight is 515 g/mol. The molecule has 6 heteroatoms. The third-order valence-electron chi connectivity index (χ3n) is 8.24. The zero-order valence-electron chi connectivity index (χ0n) is 22.9. The van der Waals surface area contributed by atoms with Gasteiger partial charge in [0.2, 0.25) is 5.88 Å². The highest BCUT2D eigenvalue weighted by Crippen LogP contribution is 2.39. The van der Waals surface area contributed by atoms with E-state index in [9.17, 15) is 9.90 Å². The Kier molecular flexibility index (Phi) is 7.44. The van der Waals surface area contributed by atoms with E-state index in [1.165, 1.54) is 29.5 Å². The summed E-state index contributed by atoms with van der Waals surface area (Å²) in [6, 6.07) is 16.9. The Morgan fingerprint density at radius 1 is 1.18 bits per heavy atom. The summed E-state index contributed by atoms with van der Waals surface area (Å²) in [5.74, 6) is 0.283. The lowest BCUT2D eigenvalue weighted by Crippen LogP contribution is -2.37. The topological polar surface area (TPSA) is 71.9 Å². The second kappa shape index (κ2) is 10.8. The first-order valence-corrected chi connectivity index (χ1v) is 13.6. The fourth-order valence-electron chi connectivity index (χ4n) is 5.80.